The minimum absolute atomic E-state index is 0.583. The second kappa shape index (κ2) is 5.30. The van der Waals surface area contributed by atoms with E-state index in [1.165, 1.54) is 25.7 Å². The molecule has 0 unspecified atom stereocenters. The molecular formula is C16H20N4S. The number of nitrogens with zero attached hydrogens (tertiary/aromatic N) is 1. The average Bonchev–Trinajstić information content (AvgIpc) is 3.19. The van der Waals surface area contributed by atoms with Crippen LogP contribution in [0.25, 0.3) is 11.0 Å². The second-order valence-electron chi connectivity index (χ2n) is 6.31. The molecular weight excluding hydrogens is 280 g/mol. The molecule has 2 aliphatic rings. The minimum Gasteiger partial charge on any atom is -0.360 e. The first kappa shape index (κ1) is 13.1. The summed E-state index contributed by atoms with van der Waals surface area (Å²) in [6.45, 7) is 0.640. The Bertz CT molecular complexity index is 632. The maximum atomic E-state index is 5.42. The summed E-state index contributed by atoms with van der Waals surface area (Å²) in [5.41, 5.74) is 2.07. The van der Waals surface area contributed by atoms with Crippen molar-refractivity contribution in [2.75, 3.05) is 0 Å². The first-order chi connectivity index (χ1) is 10.3. The molecule has 4 rings (SSSR count). The monoisotopic (exact) mass is 300 g/mol. The van der Waals surface area contributed by atoms with E-state index in [1.54, 1.807) is 0 Å². The van der Waals surface area contributed by atoms with Gasteiger partial charge in [0.15, 0.2) is 5.11 Å². The van der Waals surface area contributed by atoms with Gasteiger partial charge in [-0.3, -0.25) is 0 Å². The Labute approximate surface area is 129 Å². The van der Waals surface area contributed by atoms with E-state index in [0.29, 0.717) is 12.6 Å². The summed E-state index contributed by atoms with van der Waals surface area (Å²) in [7, 11) is 0. The molecule has 0 amide bonds. The molecule has 3 N–H and O–H groups in total. The van der Waals surface area contributed by atoms with Crippen molar-refractivity contribution in [2.24, 2.45) is 11.8 Å². The van der Waals surface area contributed by atoms with Crippen molar-refractivity contribution in [1.82, 2.24) is 20.6 Å². The van der Waals surface area contributed by atoms with Gasteiger partial charge in [-0.25, -0.2) is 4.98 Å². The van der Waals surface area contributed by atoms with Gasteiger partial charge in [0.05, 0.1) is 17.6 Å². The molecule has 2 saturated carbocycles. The Balaban J connectivity index is 1.32. The zero-order chi connectivity index (χ0) is 14.2. The van der Waals surface area contributed by atoms with Crippen molar-refractivity contribution in [3.63, 3.8) is 0 Å². The van der Waals surface area contributed by atoms with Gasteiger partial charge in [-0.2, -0.15) is 0 Å². The zero-order valence-corrected chi connectivity index (χ0v) is 12.7. The summed E-state index contributed by atoms with van der Waals surface area (Å²) in [6, 6.07) is 8.65. The van der Waals surface area contributed by atoms with Gasteiger partial charge < -0.3 is 15.6 Å². The fraction of sp³-hybridized carbons (Fsp3) is 0.500. The summed E-state index contributed by atoms with van der Waals surface area (Å²) in [5, 5.41) is 7.52. The molecule has 0 aliphatic heterocycles. The maximum Gasteiger partial charge on any atom is 0.166 e. The Morgan fingerprint density at radius 2 is 2.19 bits per heavy atom. The third-order valence-corrected chi connectivity index (χ3v) is 5.17. The van der Waals surface area contributed by atoms with Gasteiger partial charge in [0, 0.05) is 6.04 Å². The van der Waals surface area contributed by atoms with E-state index in [0.717, 1.165) is 33.8 Å². The van der Waals surface area contributed by atoms with E-state index in [2.05, 4.69) is 20.6 Å². The predicted molar refractivity (Wildman–Crippen MR) is 87.9 cm³/mol. The average molecular weight is 300 g/mol. The van der Waals surface area contributed by atoms with Gasteiger partial charge in [0.25, 0.3) is 0 Å². The van der Waals surface area contributed by atoms with Gasteiger partial charge in [0.2, 0.25) is 0 Å². The van der Waals surface area contributed by atoms with Crippen molar-refractivity contribution in [1.29, 1.82) is 0 Å². The predicted octanol–water partition coefficient (Wildman–Crippen LogP) is 2.72. The van der Waals surface area contributed by atoms with Crippen LogP contribution in [0.3, 0.4) is 0 Å². The molecule has 1 aromatic carbocycles. The van der Waals surface area contributed by atoms with E-state index < -0.39 is 0 Å². The topological polar surface area (TPSA) is 52.7 Å². The van der Waals surface area contributed by atoms with E-state index in [9.17, 15) is 0 Å². The fourth-order valence-electron chi connectivity index (χ4n) is 3.89. The summed E-state index contributed by atoms with van der Waals surface area (Å²) >= 11 is 5.42. The highest BCUT2D eigenvalue weighted by molar-refractivity contribution is 7.80. The molecule has 1 heterocycles. The first-order valence-corrected chi connectivity index (χ1v) is 8.17. The highest BCUT2D eigenvalue weighted by Crippen LogP contribution is 2.44. The number of thiocarbonyl (C=S) groups is 1. The van der Waals surface area contributed by atoms with Gasteiger partial charge in [-0.15, -0.1) is 0 Å². The van der Waals surface area contributed by atoms with Crippen LogP contribution in [0.15, 0.2) is 24.3 Å². The largest absolute Gasteiger partial charge is 0.360 e. The molecule has 2 aromatic rings. The lowest BCUT2D eigenvalue weighted by atomic mass is 9.96. The van der Waals surface area contributed by atoms with Crippen molar-refractivity contribution in [3.05, 3.63) is 30.1 Å². The molecule has 0 saturated heterocycles. The third kappa shape index (κ3) is 2.62. The summed E-state index contributed by atoms with van der Waals surface area (Å²) in [5.74, 6) is 2.69. The Hall–Kier alpha value is -1.62. The Morgan fingerprint density at radius 3 is 2.95 bits per heavy atom. The van der Waals surface area contributed by atoms with Crippen LogP contribution in [-0.2, 0) is 6.54 Å². The van der Waals surface area contributed by atoms with E-state index in [1.807, 2.05) is 24.3 Å². The summed E-state index contributed by atoms with van der Waals surface area (Å²) in [6.07, 6.45) is 5.47. The van der Waals surface area contributed by atoms with E-state index in [-0.39, 0.29) is 0 Å². The van der Waals surface area contributed by atoms with Crippen molar-refractivity contribution in [2.45, 2.75) is 38.3 Å². The normalized spacial score (nSPS) is 27.1. The number of aromatic nitrogens is 2. The fourth-order valence-corrected chi connectivity index (χ4v) is 4.12. The van der Waals surface area contributed by atoms with Crippen LogP contribution in [-0.4, -0.2) is 21.1 Å². The molecule has 0 radical (unpaired) electrons. The smallest absolute Gasteiger partial charge is 0.166 e. The molecule has 0 spiro atoms. The number of hydrogen-bond acceptors (Lipinski definition) is 2. The van der Waals surface area contributed by atoms with Gasteiger partial charge in [-0.05, 0) is 55.4 Å². The second-order valence-corrected chi connectivity index (χ2v) is 6.72. The Morgan fingerprint density at radius 1 is 1.29 bits per heavy atom. The number of para-hydroxylation sites is 2. The molecule has 2 fully saturated rings. The zero-order valence-electron chi connectivity index (χ0n) is 11.9. The van der Waals surface area contributed by atoms with Crippen LogP contribution in [0.4, 0.5) is 0 Å². The van der Waals surface area contributed by atoms with E-state index >= 15 is 0 Å². The van der Waals surface area contributed by atoms with Gasteiger partial charge in [0.1, 0.15) is 5.82 Å². The maximum absolute atomic E-state index is 5.42. The lowest BCUT2D eigenvalue weighted by Crippen LogP contribution is -2.44. The molecule has 5 heteroatoms. The number of rotatable bonds is 3. The number of nitrogens with one attached hydrogen (secondary N) is 3. The van der Waals surface area contributed by atoms with E-state index in [4.69, 9.17) is 12.2 Å². The quantitative estimate of drug-likeness (QED) is 0.763. The van der Waals surface area contributed by atoms with Crippen LogP contribution >= 0.6 is 12.2 Å². The Kier molecular flexibility index (Phi) is 3.30. The summed E-state index contributed by atoms with van der Waals surface area (Å²) in [4.78, 5) is 7.86. The highest BCUT2D eigenvalue weighted by Gasteiger charge is 2.39. The van der Waals surface area contributed by atoms with Crippen molar-refractivity contribution in [3.8, 4) is 0 Å². The first-order valence-electron chi connectivity index (χ1n) is 7.76. The lowest BCUT2D eigenvalue weighted by molar-refractivity contribution is 0.389. The molecule has 1 aromatic heterocycles. The van der Waals surface area contributed by atoms with Crippen LogP contribution in [0.1, 0.15) is 31.5 Å². The van der Waals surface area contributed by atoms with Crippen LogP contribution < -0.4 is 10.6 Å². The van der Waals surface area contributed by atoms with Crippen LogP contribution in [0.5, 0.6) is 0 Å². The number of hydrogen-bond donors (Lipinski definition) is 3. The molecule has 3 atom stereocenters. The van der Waals surface area contributed by atoms with Gasteiger partial charge >= 0.3 is 0 Å². The number of H-pyrrole nitrogens is 1. The molecule has 110 valence electrons. The SMILES string of the molecule is S=C(NCc1nc2ccccc2[nH]1)N[C@@H]1C[C@H]2CC[C@H]1C2. The molecule has 2 aliphatic carbocycles. The summed E-state index contributed by atoms with van der Waals surface area (Å²) < 4.78 is 0. The number of aromatic amines is 1. The number of fused-ring (bicyclic) bond motifs is 3. The van der Waals surface area contributed by atoms with Crippen LogP contribution in [0, 0.1) is 11.8 Å². The molecule has 2 bridgehead atoms. The number of benzene rings is 1. The van der Waals surface area contributed by atoms with Gasteiger partial charge in [-0.1, -0.05) is 18.6 Å². The van der Waals surface area contributed by atoms with Crippen molar-refractivity contribution >= 4 is 28.4 Å². The standard InChI is InChI=1S/C16H20N4S/c21-16(20-14-8-10-5-6-11(14)7-10)17-9-15-18-12-3-1-2-4-13(12)19-15/h1-4,10-11,14H,5-9H2,(H,18,19)(H2,17,20,21)/t10-,11-,14+/m0/s1. The molecule has 4 nitrogen and oxygen atoms in total. The van der Waals surface area contributed by atoms with Crippen LogP contribution in [0.2, 0.25) is 0 Å². The molecule has 21 heavy (non-hydrogen) atoms. The minimum atomic E-state index is 0.583. The van der Waals surface area contributed by atoms with Crippen molar-refractivity contribution < 1.29 is 0 Å². The number of imidazole rings is 1. The third-order valence-electron chi connectivity index (χ3n) is 4.91. The lowest BCUT2D eigenvalue weighted by Gasteiger charge is -2.24. The highest BCUT2D eigenvalue weighted by atomic mass is 32.1.